The zero-order valence-corrected chi connectivity index (χ0v) is 13.8. The summed E-state index contributed by atoms with van der Waals surface area (Å²) in [6, 6.07) is 5.98. The first kappa shape index (κ1) is 14.5. The van der Waals surface area contributed by atoms with Crippen LogP contribution in [0.5, 0.6) is 5.75 Å². The number of pyridine rings is 1. The number of aromatic nitrogens is 1. The van der Waals surface area contributed by atoms with Gasteiger partial charge in [0, 0.05) is 12.2 Å². The maximum atomic E-state index is 13.0. The van der Waals surface area contributed by atoms with Gasteiger partial charge in [0.05, 0.1) is 16.6 Å². The van der Waals surface area contributed by atoms with Crippen LogP contribution in [-0.2, 0) is 17.6 Å². The predicted octanol–water partition coefficient (Wildman–Crippen LogP) is 3.64. The molecule has 1 unspecified atom stereocenters. The minimum Gasteiger partial charge on any atom is -0.480 e. The Labute approximate surface area is 136 Å². The number of fused-ring (bicyclic) bond motifs is 2. The Balaban J connectivity index is 2.08. The van der Waals surface area contributed by atoms with E-state index >= 15 is 0 Å². The molecule has 1 aliphatic carbocycles. The van der Waals surface area contributed by atoms with E-state index < -0.39 is 6.10 Å². The lowest BCUT2D eigenvalue weighted by molar-refractivity contribution is -0.125. The van der Waals surface area contributed by atoms with Crippen molar-refractivity contribution in [3.63, 3.8) is 0 Å². The molecule has 120 valence electrons. The molecule has 1 aliphatic heterocycles. The molecule has 23 heavy (non-hydrogen) atoms. The van der Waals surface area contributed by atoms with E-state index in [4.69, 9.17) is 9.72 Å². The molecule has 4 rings (SSSR count). The summed E-state index contributed by atoms with van der Waals surface area (Å²) >= 11 is 0. The third-order valence-electron chi connectivity index (χ3n) is 4.99. The van der Waals surface area contributed by atoms with Gasteiger partial charge in [-0.15, -0.1) is 0 Å². The van der Waals surface area contributed by atoms with Crippen LogP contribution < -0.4 is 9.64 Å². The van der Waals surface area contributed by atoms with Gasteiger partial charge < -0.3 is 9.64 Å². The van der Waals surface area contributed by atoms with Crippen LogP contribution in [0.25, 0.3) is 10.9 Å². The Hall–Kier alpha value is -2.10. The molecule has 0 saturated carbocycles. The first-order chi connectivity index (χ1) is 11.2. The lowest BCUT2D eigenvalue weighted by Crippen LogP contribution is -2.41. The molecule has 0 N–H and O–H groups in total. The van der Waals surface area contributed by atoms with Gasteiger partial charge in [-0.25, -0.2) is 0 Å². The molecule has 1 atom stereocenters. The monoisotopic (exact) mass is 310 g/mol. The van der Waals surface area contributed by atoms with Crippen molar-refractivity contribution < 1.29 is 9.53 Å². The van der Waals surface area contributed by atoms with E-state index in [0.29, 0.717) is 13.0 Å². The van der Waals surface area contributed by atoms with E-state index in [0.717, 1.165) is 40.9 Å². The van der Waals surface area contributed by atoms with Gasteiger partial charge in [0.15, 0.2) is 6.10 Å². The number of carbonyl (C=O) groups is 1. The minimum absolute atomic E-state index is 0.0754. The van der Waals surface area contributed by atoms with E-state index in [-0.39, 0.29) is 5.91 Å². The highest BCUT2D eigenvalue weighted by Crippen LogP contribution is 2.42. The number of rotatable bonds is 2. The van der Waals surface area contributed by atoms with E-state index in [9.17, 15) is 4.79 Å². The Morgan fingerprint density at radius 2 is 2.09 bits per heavy atom. The van der Waals surface area contributed by atoms with Gasteiger partial charge in [0.25, 0.3) is 5.91 Å². The van der Waals surface area contributed by atoms with Crippen LogP contribution in [0.1, 0.15) is 44.4 Å². The zero-order valence-electron chi connectivity index (χ0n) is 13.8. The number of anilines is 1. The zero-order chi connectivity index (χ0) is 16.0. The van der Waals surface area contributed by atoms with Crippen LogP contribution in [0, 0.1) is 0 Å². The third kappa shape index (κ3) is 2.12. The fraction of sp³-hybridized carbons (Fsp3) is 0.474. The van der Waals surface area contributed by atoms with Crippen molar-refractivity contribution >= 4 is 22.5 Å². The molecule has 1 amide bonds. The normalized spacial score (nSPS) is 20.2. The standard InChI is InChI=1S/C19H22N2O2/c1-3-15-19(22)21(4-2)18-12-8-5-6-9-13(12)20-14-10-7-11-16(23-15)17(14)18/h7,10-11,15H,3-6,8-9H2,1-2H3. The maximum Gasteiger partial charge on any atom is 0.268 e. The van der Waals surface area contributed by atoms with Crippen LogP contribution >= 0.6 is 0 Å². The summed E-state index contributed by atoms with van der Waals surface area (Å²) < 4.78 is 6.08. The Morgan fingerprint density at radius 1 is 1.26 bits per heavy atom. The summed E-state index contributed by atoms with van der Waals surface area (Å²) in [6.07, 6.45) is 4.62. The van der Waals surface area contributed by atoms with E-state index in [2.05, 4.69) is 0 Å². The number of carbonyl (C=O) groups excluding carboxylic acids is 1. The van der Waals surface area contributed by atoms with Crippen LogP contribution in [0.3, 0.4) is 0 Å². The van der Waals surface area contributed by atoms with Gasteiger partial charge in [-0.05, 0) is 56.7 Å². The third-order valence-corrected chi connectivity index (χ3v) is 4.99. The molecular weight excluding hydrogens is 288 g/mol. The van der Waals surface area contributed by atoms with Crippen LogP contribution in [0.4, 0.5) is 5.69 Å². The van der Waals surface area contributed by atoms with Gasteiger partial charge in [-0.2, -0.15) is 0 Å². The number of likely N-dealkylation sites (N-methyl/N-ethyl adjacent to an activating group) is 1. The second-order valence-electron chi connectivity index (χ2n) is 6.34. The summed E-state index contributed by atoms with van der Waals surface area (Å²) in [4.78, 5) is 19.8. The molecule has 2 heterocycles. The first-order valence-electron chi connectivity index (χ1n) is 8.67. The number of amides is 1. The van der Waals surface area contributed by atoms with Gasteiger partial charge in [0.1, 0.15) is 5.75 Å². The average molecular weight is 310 g/mol. The predicted molar refractivity (Wildman–Crippen MR) is 91.1 cm³/mol. The van der Waals surface area contributed by atoms with E-state index in [1.165, 1.54) is 18.4 Å². The molecule has 0 spiro atoms. The molecule has 0 bridgehead atoms. The van der Waals surface area contributed by atoms with Crippen LogP contribution in [-0.4, -0.2) is 23.5 Å². The van der Waals surface area contributed by atoms with Crippen molar-refractivity contribution in [2.45, 2.75) is 52.1 Å². The largest absolute Gasteiger partial charge is 0.480 e. The van der Waals surface area contributed by atoms with Crippen molar-refractivity contribution in [2.24, 2.45) is 0 Å². The van der Waals surface area contributed by atoms with Gasteiger partial charge >= 0.3 is 0 Å². The topological polar surface area (TPSA) is 42.4 Å². The van der Waals surface area contributed by atoms with Crippen molar-refractivity contribution in [2.75, 3.05) is 11.4 Å². The summed E-state index contributed by atoms with van der Waals surface area (Å²) in [5.41, 5.74) is 4.42. The highest BCUT2D eigenvalue weighted by Gasteiger charge is 2.34. The maximum absolute atomic E-state index is 13.0. The Morgan fingerprint density at radius 3 is 2.87 bits per heavy atom. The summed E-state index contributed by atoms with van der Waals surface area (Å²) in [7, 11) is 0. The number of aryl methyl sites for hydroxylation is 1. The van der Waals surface area contributed by atoms with Gasteiger partial charge in [-0.1, -0.05) is 13.0 Å². The number of benzene rings is 1. The summed E-state index contributed by atoms with van der Waals surface area (Å²) in [6.45, 7) is 4.71. The van der Waals surface area contributed by atoms with Crippen molar-refractivity contribution in [3.8, 4) is 5.75 Å². The Bertz CT molecular complexity index is 785. The molecule has 4 heteroatoms. The number of nitrogens with zero attached hydrogens (tertiary/aromatic N) is 2. The summed E-state index contributed by atoms with van der Waals surface area (Å²) in [5.74, 6) is 0.876. The SMILES string of the molecule is CCC1Oc2cccc3nc4c(c(c23)N(CC)C1=O)CCCC4. The molecule has 1 aromatic carbocycles. The molecule has 2 aliphatic rings. The summed E-state index contributed by atoms with van der Waals surface area (Å²) in [5, 5.41) is 1.01. The Kier molecular flexibility index (Phi) is 3.47. The first-order valence-corrected chi connectivity index (χ1v) is 8.67. The second kappa shape index (κ2) is 5.52. The lowest BCUT2D eigenvalue weighted by Gasteiger charge is -2.28. The number of hydrogen-bond acceptors (Lipinski definition) is 3. The molecule has 0 fully saturated rings. The number of hydrogen-bond donors (Lipinski definition) is 0. The number of ether oxygens (including phenoxy) is 1. The van der Waals surface area contributed by atoms with Crippen LogP contribution in [0.15, 0.2) is 18.2 Å². The van der Waals surface area contributed by atoms with Crippen molar-refractivity contribution in [3.05, 3.63) is 29.5 Å². The fourth-order valence-corrected chi connectivity index (χ4v) is 3.87. The van der Waals surface area contributed by atoms with Crippen molar-refractivity contribution in [1.82, 2.24) is 4.98 Å². The highest BCUT2D eigenvalue weighted by molar-refractivity contribution is 6.09. The van der Waals surface area contributed by atoms with Gasteiger partial charge in [0.2, 0.25) is 0 Å². The van der Waals surface area contributed by atoms with Crippen LogP contribution in [0.2, 0.25) is 0 Å². The highest BCUT2D eigenvalue weighted by atomic mass is 16.5. The minimum atomic E-state index is -0.410. The molecule has 1 aromatic heterocycles. The molecule has 2 aromatic rings. The fourth-order valence-electron chi connectivity index (χ4n) is 3.87. The molecule has 0 saturated heterocycles. The molecule has 4 nitrogen and oxygen atoms in total. The molecular formula is C19H22N2O2. The quantitative estimate of drug-likeness (QED) is 0.850. The lowest BCUT2D eigenvalue weighted by atomic mass is 9.92. The molecule has 0 radical (unpaired) electrons. The van der Waals surface area contributed by atoms with E-state index in [1.54, 1.807) is 0 Å². The van der Waals surface area contributed by atoms with Crippen molar-refractivity contribution in [1.29, 1.82) is 0 Å². The van der Waals surface area contributed by atoms with Gasteiger partial charge in [-0.3, -0.25) is 9.78 Å². The average Bonchev–Trinajstić information content (AvgIpc) is 2.71. The van der Waals surface area contributed by atoms with E-state index in [1.807, 2.05) is 36.9 Å². The second-order valence-corrected chi connectivity index (χ2v) is 6.34. The smallest absolute Gasteiger partial charge is 0.268 e.